The van der Waals surface area contributed by atoms with Crippen molar-refractivity contribution in [2.75, 3.05) is 5.32 Å². The molecule has 2 aromatic heterocycles. The summed E-state index contributed by atoms with van der Waals surface area (Å²) in [7, 11) is 0. The molecule has 4 rings (SSSR count). The SMILES string of the molecule is Cc1ccccc1NC(=O)Cn1ncn2nc(-c3ccc(Br)cc3)cc2c1=O. The molecule has 1 N–H and O–H groups in total. The number of carbonyl (C=O) groups excluding carboxylic acids is 1. The van der Waals surface area contributed by atoms with Crippen LogP contribution >= 0.6 is 15.9 Å². The van der Waals surface area contributed by atoms with Crippen molar-refractivity contribution >= 4 is 33.0 Å². The van der Waals surface area contributed by atoms with Crippen LogP contribution in [0.4, 0.5) is 5.69 Å². The number of fused-ring (bicyclic) bond motifs is 1. The van der Waals surface area contributed by atoms with E-state index >= 15 is 0 Å². The zero-order chi connectivity index (χ0) is 19.7. The summed E-state index contributed by atoms with van der Waals surface area (Å²) in [5, 5.41) is 11.3. The molecule has 0 aliphatic heterocycles. The van der Waals surface area contributed by atoms with Gasteiger partial charge < -0.3 is 5.32 Å². The molecular weight excluding hydrogens is 422 g/mol. The van der Waals surface area contributed by atoms with E-state index in [4.69, 9.17) is 0 Å². The molecule has 4 aromatic rings. The molecule has 0 fully saturated rings. The average molecular weight is 438 g/mol. The Kier molecular flexibility index (Phi) is 4.79. The predicted octanol–water partition coefficient (Wildman–Crippen LogP) is 3.27. The predicted molar refractivity (Wildman–Crippen MR) is 110 cm³/mol. The Morgan fingerprint density at radius 3 is 2.64 bits per heavy atom. The maximum Gasteiger partial charge on any atom is 0.293 e. The van der Waals surface area contributed by atoms with E-state index in [0.29, 0.717) is 16.9 Å². The Morgan fingerprint density at radius 2 is 1.89 bits per heavy atom. The van der Waals surface area contributed by atoms with Crippen LogP contribution in [0.3, 0.4) is 0 Å². The van der Waals surface area contributed by atoms with E-state index in [1.54, 1.807) is 6.07 Å². The molecule has 28 heavy (non-hydrogen) atoms. The average Bonchev–Trinajstić information content (AvgIpc) is 3.12. The van der Waals surface area contributed by atoms with Crippen molar-refractivity contribution in [2.24, 2.45) is 0 Å². The van der Waals surface area contributed by atoms with E-state index in [0.717, 1.165) is 20.3 Å². The van der Waals surface area contributed by atoms with Crippen molar-refractivity contribution in [2.45, 2.75) is 13.5 Å². The number of anilines is 1. The van der Waals surface area contributed by atoms with E-state index in [1.807, 2.05) is 55.5 Å². The van der Waals surface area contributed by atoms with E-state index in [1.165, 1.54) is 10.8 Å². The van der Waals surface area contributed by atoms with Crippen molar-refractivity contribution in [1.82, 2.24) is 19.4 Å². The van der Waals surface area contributed by atoms with Gasteiger partial charge in [-0.2, -0.15) is 10.2 Å². The van der Waals surface area contributed by atoms with Gasteiger partial charge >= 0.3 is 0 Å². The third kappa shape index (κ3) is 3.59. The smallest absolute Gasteiger partial charge is 0.293 e. The van der Waals surface area contributed by atoms with Crippen LogP contribution in [0, 0.1) is 6.92 Å². The van der Waals surface area contributed by atoms with Crippen LogP contribution < -0.4 is 10.9 Å². The first-order valence-corrected chi connectivity index (χ1v) is 9.37. The van der Waals surface area contributed by atoms with Gasteiger partial charge in [0.25, 0.3) is 5.56 Å². The lowest BCUT2D eigenvalue weighted by molar-refractivity contribution is -0.117. The minimum absolute atomic E-state index is 0.178. The molecule has 0 bridgehead atoms. The number of hydrogen-bond donors (Lipinski definition) is 1. The fourth-order valence-corrected chi connectivity index (χ4v) is 3.12. The normalized spacial score (nSPS) is 10.9. The Balaban J connectivity index is 1.61. The first kappa shape index (κ1) is 18.1. The second-order valence-corrected chi connectivity index (χ2v) is 7.24. The summed E-state index contributed by atoms with van der Waals surface area (Å²) in [6.07, 6.45) is 1.43. The summed E-state index contributed by atoms with van der Waals surface area (Å²) in [5.41, 5.74) is 3.18. The summed E-state index contributed by atoms with van der Waals surface area (Å²) < 4.78 is 3.52. The zero-order valence-corrected chi connectivity index (χ0v) is 16.5. The Labute approximate surface area is 168 Å². The minimum Gasteiger partial charge on any atom is -0.324 e. The van der Waals surface area contributed by atoms with Crippen LogP contribution in [-0.2, 0) is 11.3 Å². The number of hydrogen-bond acceptors (Lipinski definition) is 4. The monoisotopic (exact) mass is 437 g/mol. The third-order valence-corrected chi connectivity index (χ3v) is 4.87. The number of nitrogens with one attached hydrogen (secondary N) is 1. The first-order chi connectivity index (χ1) is 13.5. The number of aromatic nitrogens is 4. The molecule has 0 aliphatic carbocycles. The zero-order valence-electron chi connectivity index (χ0n) is 15.0. The molecule has 0 spiro atoms. The molecular formula is C20H16BrN5O2. The van der Waals surface area contributed by atoms with Gasteiger partial charge in [0.1, 0.15) is 18.4 Å². The lowest BCUT2D eigenvalue weighted by atomic mass is 10.1. The van der Waals surface area contributed by atoms with Gasteiger partial charge in [0.05, 0.1) is 5.69 Å². The highest BCUT2D eigenvalue weighted by Crippen LogP contribution is 2.21. The van der Waals surface area contributed by atoms with E-state index in [-0.39, 0.29) is 18.0 Å². The molecule has 0 atom stereocenters. The molecule has 7 nitrogen and oxygen atoms in total. The van der Waals surface area contributed by atoms with Crippen LogP contribution in [0.15, 0.2) is 70.2 Å². The highest BCUT2D eigenvalue weighted by Gasteiger charge is 2.13. The summed E-state index contributed by atoms with van der Waals surface area (Å²) in [4.78, 5) is 25.1. The molecule has 2 aromatic carbocycles. The summed E-state index contributed by atoms with van der Waals surface area (Å²) in [6.45, 7) is 1.73. The van der Waals surface area contributed by atoms with Crippen molar-refractivity contribution in [1.29, 1.82) is 0 Å². The molecule has 0 saturated carbocycles. The maximum atomic E-state index is 12.7. The molecule has 2 heterocycles. The van der Waals surface area contributed by atoms with Gasteiger partial charge in [-0.1, -0.05) is 46.3 Å². The van der Waals surface area contributed by atoms with Gasteiger partial charge in [0.15, 0.2) is 0 Å². The van der Waals surface area contributed by atoms with Crippen molar-refractivity contribution in [3.63, 3.8) is 0 Å². The Morgan fingerprint density at radius 1 is 1.14 bits per heavy atom. The third-order valence-electron chi connectivity index (χ3n) is 4.34. The molecule has 0 radical (unpaired) electrons. The van der Waals surface area contributed by atoms with Crippen molar-refractivity contribution < 1.29 is 4.79 Å². The van der Waals surface area contributed by atoms with Crippen LogP contribution in [0.25, 0.3) is 16.8 Å². The lowest BCUT2D eigenvalue weighted by Gasteiger charge is -2.08. The number of para-hydroxylation sites is 1. The second kappa shape index (κ2) is 7.40. The largest absolute Gasteiger partial charge is 0.324 e. The van der Waals surface area contributed by atoms with Gasteiger partial charge in [0.2, 0.25) is 5.91 Å². The van der Waals surface area contributed by atoms with Gasteiger partial charge in [-0.05, 0) is 36.8 Å². The van der Waals surface area contributed by atoms with E-state index in [9.17, 15) is 9.59 Å². The maximum absolute atomic E-state index is 12.7. The van der Waals surface area contributed by atoms with E-state index in [2.05, 4.69) is 31.4 Å². The first-order valence-electron chi connectivity index (χ1n) is 8.58. The van der Waals surface area contributed by atoms with Crippen LogP contribution in [0.1, 0.15) is 5.56 Å². The molecule has 140 valence electrons. The quantitative estimate of drug-likeness (QED) is 0.531. The van der Waals surface area contributed by atoms with Crippen molar-refractivity contribution in [3.05, 3.63) is 81.3 Å². The molecule has 0 saturated heterocycles. The number of halogens is 1. The lowest BCUT2D eigenvalue weighted by Crippen LogP contribution is -2.30. The fourth-order valence-electron chi connectivity index (χ4n) is 2.85. The highest BCUT2D eigenvalue weighted by atomic mass is 79.9. The number of aryl methyl sites for hydroxylation is 1. The van der Waals surface area contributed by atoms with Gasteiger partial charge in [0, 0.05) is 15.7 Å². The van der Waals surface area contributed by atoms with E-state index < -0.39 is 0 Å². The molecule has 8 heteroatoms. The number of nitrogens with zero attached hydrogens (tertiary/aromatic N) is 4. The molecule has 0 aliphatic rings. The highest BCUT2D eigenvalue weighted by molar-refractivity contribution is 9.10. The topological polar surface area (TPSA) is 81.3 Å². The fraction of sp³-hybridized carbons (Fsp3) is 0.100. The number of rotatable bonds is 4. The van der Waals surface area contributed by atoms with Crippen LogP contribution in [0.2, 0.25) is 0 Å². The second-order valence-electron chi connectivity index (χ2n) is 6.32. The number of carbonyl (C=O) groups is 1. The van der Waals surface area contributed by atoms with Gasteiger partial charge in [-0.15, -0.1) is 0 Å². The summed E-state index contributed by atoms with van der Waals surface area (Å²) in [5.74, 6) is -0.319. The van der Waals surface area contributed by atoms with Crippen molar-refractivity contribution in [3.8, 4) is 11.3 Å². The van der Waals surface area contributed by atoms with Crippen LogP contribution in [0.5, 0.6) is 0 Å². The number of amides is 1. The van der Waals surface area contributed by atoms with Crippen LogP contribution in [-0.4, -0.2) is 25.3 Å². The standard InChI is InChI=1S/C20H16BrN5O2/c1-13-4-2-3-5-16(13)23-19(27)11-25-20(28)18-10-17(24-26(18)12-22-25)14-6-8-15(21)9-7-14/h2-10,12H,11H2,1H3,(H,23,27). The van der Waals surface area contributed by atoms with Gasteiger partial charge in [-0.25, -0.2) is 9.20 Å². The summed E-state index contributed by atoms with van der Waals surface area (Å²) in [6, 6.07) is 16.8. The number of benzene rings is 2. The minimum atomic E-state index is -0.377. The Hall–Kier alpha value is -3.26. The molecule has 0 unspecified atom stereocenters. The summed E-state index contributed by atoms with van der Waals surface area (Å²) >= 11 is 3.40. The molecule has 1 amide bonds. The Bertz CT molecular complexity index is 1230. The van der Waals surface area contributed by atoms with Gasteiger partial charge in [-0.3, -0.25) is 9.59 Å².